The minimum Gasteiger partial charge on any atom is -0.484 e. The molecule has 0 unspecified atom stereocenters. The smallest absolute Gasteiger partial charge is 0.264 e. The first kappa shape index (κ1) is 17.1. The SMILES string of the molecule is CCc1ccc(-c2csc(NC(=O)COc3cccc(F)c3)n2)cc1. The summed E-state index contributed by atoms with van der Waals surface area (Å²) in [5.74, 6) is -0.436. The van der Waals surface area contributed by atoms with E-state index < -0.39 is 5.82 Å². The highest BCUT2D eigenvalue weighted by molar-refractivity contribution is 7.14. The first-order valence-electron chi connectivity index (χ1n) is 7.87. The molecular formula is C19H17FN2O2S. The molecule has 3 rings (SSSR count). The van der Waals surface area contributed by atoms with Crippen LogP contribution >= 0.6 is 11.3 Å². The zero-order chi connectivity index (χ0) is 17.6. The predicted molar refractivity (Wildman–Crippen MR) is 97.5 cm³/mol. The van der Waals surface area contributed by atoms with Crippen LogP contribution in [0.1, 0.15) is 12.5 Å². The van der Waals surface area contributed by atoms with Gasteiger partial charge in [0.05, 0.1) is 5.69 Å². The van der Waals surface area contributed by atoms with Gasteiger partial charge in [0, 0.05) is 17.0 Å². The first-order chi connectivity index (χ1) is 12.1. The zero-order valence-corrected chi connectivity index (χ0v) is 14.5. The maximum atomic E-state index is 13.1. The minimum atomic E-state index is -0.406. The summed E-state index contributed by atoms with van der Waals surface area (Å²) in [7, 11) is 0. The van der Waals surface area contributed by atoms with Crippen molar-refractivity contribution in [1.82, 2.24) is 4.98 Å². The van der Waals surface area contributed by atoms with Gasteiger partial charge in [0.2, 0.25) is 0 Å². The molecule has 0 aliphatic heterocycles. The monoisotopic (exact) mass is 356 g/mol. The second kappa shape index (κ2) is 7.90. The lowest BCUT2D eigenvalue weighted by Gasteiger charge is -2.05. The highest BCUT2D eigenvalue weighted by Gasteiger charge is 2.09. The Morgan fingerprint density at radius 1 is 1.24 bits per heavy atom. The Balaban J connectivity index is 1.57. The molecule has 6 heteroatoms. The summed E-state index contributed by atoms with van der Waals surface area (Å²) in [6, 6.07) is 13.8. The van der Waals surface area contributed by atoms with Crippen molar-refractivity contribution in [3.63, 3.8) is 0 Å². The van der Waals surface area contributed by atoms with E-state index in [1.807, 2.05) is 17.5 Å². The molecule has 4 nitrogen and oxygen atoms in total. The number of anilines is 1. The maximum Gasteiger partial charge on any atom is 0.264 e. The number of nitrogens with zero attached hydrogens (tertiary/aromatic N) is 1. The van der Waals surface area contributed by atoms with Crippen molar-refractivity contribution in [1.29, 1.82) is 0 Å². The Morgan fingerprint density at radius 2 is 2.04 bits per heavy atom. The van der Waals surface area contributed by atoms with E-state index in [-0.39, 0.29) is 12.5 Å². The molecule has 0 saturated heterocycles. The molecule has 0 saturated carbocycles. The summed E-state index contributed by atoms with van der Waals surface area (Å²) >= 11 is 1.35. The molecule has 0 fully saturated rings. The van der Waals surface area contributed by atoms with Crippen molar-refractivity contribution in [3.8, 4) is 17.0 Å². The van der Waals surface area contributed by atoms with E-state index in [0.717, 1.165) is 17.7 Å². The molecule has 0 radical (unpaired) electrons. The van der Waals surface area contributed by atoms with Gasteiger partial charge in [-0.3, -0.25) is 10.1 Å². The van der Waals surface area contributed by atoms with Gasteiger partial charge in [-0.2, -0.15) is 0 Å². The van der Waals surface area contributed by atoms with E-state index in [9.17, 15) is 9.18 Å². The topological polar surface area (TPSA) is 51.2 Å². The maximum absolute atomic E-state index is 13.1. The number of aromatic nitrogens is 1. The van der Waals surface area contributed by atoms with E-state index in [1.54, 1.807) is 6.07 Å². The molecule has 0 bridgehead atoms. The number of carbonyl (C=O) groups is 1. The van der Waals surface area contributed by atoms with Gasteiger partial charge in [-0.05, 0) is 24.1 Å². The Labute approximate surface area is 149 Å². The van der Waals surface area contributed by atoms with Crippen LogP contribution in [0.2, 0.25) is 0 Å². The van der Waals surface area contributed by atoms with Crippen LogP contribution in [-0.2, 0) is 11.2 Å². The average molecular weight is 356 g/mol. The zero-order valence-electron chi connectivity index (χ0n) is 13.7. The van der Waals surface area contributed by atoms with Crippen LogP contribution in [-0.4, -0.2) is 17.5 Å². The normalized spacial score (nSPS) is 10.5. The molecule has 2 aromatic carbocycles. The highest BCUT2D eigenvalue weighted by atomic mass is 32.1. The summed E-state index contributed by atoms with van der Waals surface area (Å²) in [4.78, 5) is 16.4. The number of rotatable bonds is 6. The van der Waals surface area contributed by atoms with Gasteiger partial charge in [0.25, 0.3) is 5.91 Å². The number of ether oxygens (including phenoxy) is 1. The van der Waals surface area contributed by atoms with Crippen LogP contribution in [0.25, 0.3) is 11.3 Å². The van der Waals surface area contributed by atoms with Crippen molar-refractivity contribution < 1.29 is 13.9 Å². The van der Waals surface area contributed by atoms with Gasteiger partial charge in [0.1, 0.15) is 11.6 Å². The molecule has 25 heavy (non-hydrogen) atoms. The summed E-state index contributed by atoms with van der Waals surface area (Å²) in [5.41, 5.74) is 3.08. The number of nitrogens with one attached hydrogen (secondary N) is 1. The van der Waals surface area contributed by atoms with Gasteiger partial charge < -0.3 is 4.74 Å². The quantitative estimate of drug-likeness (QED) is 0.706. The number of carbonyl (C=O) groups excluding carboxylic acids is 1. The Morgan fingerprint density at radius 3 is 2.76 bits per heavy atom. The van der Waals surface area contributed by atoms with Crippen molar-refractivity contribution in [3.05, 3.63) is 65.3 Å². The molecule has 1 aromatic heterocycles. The fourth-order valence-corrected chi connectivity index (χ4v) is 2.97. The predicted octanol–water partition coefficient (Wildman–Crippen LogP) is 4.53. The molecule has 0 aliphatic carbocycles. The summed E-state index contributed by atoms with van der Waals surface area (Å²) in [5, 5.41) is 5.08. The van der Waals surface area contributed by atoms with Crippen LogP contribution in [0.5, 0.6) is 5.75 Å². The number of amides is 1. The molecule has 128 valence electrons. The van der Waals surface area contributed by atoms with E-state index in [2.05, 4.69) is 29.4 Å². The van der Waals surface area contributed by atoms with E-state index >= 15 is 0 Å². The summed E-state index contributed by atoms with van der Waals surface area (Å²) in [6.45, 7) is 1.90. The first-order valence-corrected chi connectivity index (χ1v) is 8.75. The van der Waals surface area contributed by atoms with Gasteiger partial charge in [-0.1, -0.05) is 37.3 Å². The Bertz CT molecular complexity index is 862. The lowest BCUT2D eigenvalue weighted by molar-refractivity contribution is -0.118. The van der Waals surface area contributed by atoms with Gasteiger partial charge >= 0.3 is 0 Å². The minimum absolute atomic E-state index is 0.205. The number of hydrogen-bond acceptors (Lipinski definition) is 4. The van der Waals surface area contributed by atoms with Crippen molar-refractivity contribution in [2.75, 3.05) is 11.9 Å². The third-order valence-electron chi connectivity index (χ3n) is 3.57. The van der Waals surface area contributed by atoms with Crippen molar-refractivity contribution in [2.24, 2.45) is 0 Å². The van der Waals surface area contributed by atoms with Gasteiger partial charge in [0.15, 0.2) is 11.7 Å². The van der Waals surface area contributed by atoms with E-state index in [4.69, 9.17) is 4.74 Å². The number of hydrogen-bond donors (Lipinski definition) is 1. The highest BCUT2D eigenvalue weighted by Crippen LogP contribution is 2.25. The Kier molecular flexibility index (Phi) is 5.40. The number of aryl methyl sites for hydroxylation is 1. The molecular weight excluding hydrogens is 339 g/mol. The van der Waals surface area contributed by atoms with E-state index in [1.165, 1.54) is 35.1 Å². The van der Waals surface area contributed by atoms with Crippen molar-refractivity contribution >= 4 is 22.4 Å². The van der Waals surface area contributed by atoms with Crippen LogP contribution in [0.4, 0.5) is 9.52 Å². The molecule has 1 amide bonds. The molecule has 0 spiro atoms. The molecule has 3 aromatic rings. The molecule has 0 aliphatic rings. The fourth-order valence-electron chi connectivity index (χ4n) is 2.24. The largest absolute Gasteiger partial charge is 0.484 e. The van der Waals surface area contributed by atoms with Crippen LogP contribution in [0.3, 0.4) is 0 Å². The van der Waals surface area contributed by atoms with E-state index in [0.29, 0.717) is 10.9 Å². The molecule has 1 N–H and O–H groups in total. The number of halogens is 1. The number of thiazole rings is 1. The number of benzene rings is 2. The van der Waals surface area contributed by atoms with Crippen LogP contribution in [0.15, 0.2) is 53.9 Å². The lowest BCUT2D eigenvalue weighted by atomic mass is 10.1. The summed E-state index contributed by atoms with van der Waals surface area (Å²) < 4.78 is 18.3. The van der Waals surface area contributed by atoms with Gasteiger partial charge in [-0.15, -0.1) is 11.3 Å². The third-order valence-corrected chi connectivity index (χ3v) is 4.33. The van der Waals surface area contributed by atoms with Crippen molar-refractivity contribution in [2.45, 2.75) is 13.3 Å². The van der Waals surface area contributed by atoms with Crippen LogP contribution < -0.4 is 10.1 Å². The fraction of sp³-hybridized carbons (Fsp3) is 0.158. The van der Waals surface area contributed by atoms with Crippen LogP contribution in [0, 0.1) is 5.82 Å². The second-order valence-electron chi connectivity index (χ2n) is 5.38. The lowest BCUT2D eigenvalue weighted by Crippen LogP contribution is -2.20. The molecule has 1 heterocycles. The standard InChI is InChI=1S/C19H17FN2O2S/c1-2-13-6-8-14(9-7-13)17-12-25-19(21-17)22-18(23)11-24-16-5-3-4-15(20)10-16/h3-10,12H,2,11H2,1H3,(H,21,22,23). The second-order valence-corrected chi connectivity index (χ2v) is 6.24. The van der Waals surface area contributed by atoms with Gasteiger partial charge in [-0.25, -0.2) is 9.37 Å². The summed E-state index contributed by atoms with van der Waals surface area (Å²) in [6.07, 6.45) is 0.990. The Hall–Kier alpha value is -2.73. The molecule has 0 atom stereocenters. The third kappa shape index (κ3) is 4.64. The average Bonchev–Trinajstić information content (AvgIpc) is 3.08.